The fourth-order valence-electron chi connectivity index (χ4n) is 2.92. The van der Waals surface area contributed by atoms with Crippen molar-refractivity contribution in [1.82, 2.24) is 5.43 Å². The second-order valence-corrected chi connectivity index (χ2v) is 6.44. The molecule has 0 saturated carbocycles. The van der Waals surface area contributed by atoms with E-state index in [1.54, 1.807) is 37.3 Å². The summed E-state index contributed by atoms with van der Waals surface area (Å²) in [5.41, 5.74) is 4.04. The topological polar surface area (TPSA) is 72.4 Å². The van der Waals surface area contributed by atoms with Crippen LogP contribution in [0, 0.1) is 5.82 Å². The molecule has 1 heterocycles. The van der Waals surface area contributed by atoms with Crippen molar-refractivity contribution in [2.75, 3.05) is 44.9 Å². The van der Waals surface area contributed by atoms with Crippen LogP contribution in [0.4, 0.5) is 10.1 Å². The summed E-state index contributed by atoms with van der Waals surface area (Å²) in [7, 11) is 1.53. The van der Waals surface area contributed by atoms with Crippen LogP contribution in [0.1, 0.15) is 12.5 Å². The zero-order valence-corrected chi connectivity index (χ0v) is 16.5. The molecule has 0 bridgehead atoms. The SMILES string of the molecule is COc1ccccc1OCC(=O)N/N=C(/C)c1ccc(N2CCOCC2)c(F)c1. The summed E-state index contributed by atoms with van der Waals surface area (Å²) in [6.07, 6.45) is 0. The van der Waals surface area contributed by atoms with Gasteiger partial charge in [0.1, 0.15) is 5.82 Å². The summed E-state index contributed by atoms with van der Waals surface area (Å²) in [5.74, 6) is 0.243. The molecular weight excluding hydrogens is 377 g/mol. The second kappa shape index (κ2) is 9.88. The highest BCUT2D eigenvalue weighted by Crippen LogP contribution is 2.25. The number of rotatable bonds is 7. The van der Waals surface area contributed by atoms with Crippen molar-refractivity contribution in [3.63, 3.8) is 0 Å². The van der Waals surface area contributed by atoms with Crippen LogP contribution < -0.4 is 19.8 Å². The number of hydrogen-bond donors (Lipinski definition) is 1. The van der Waals surface area contributed by atoms with Crippen LogP contribution in [0.25, 0.3) is 0 Å². The van der Waals surface area contributed by atoms with E-state index in [-0.39, 0.29) is 12.4 Å². The summed E-state index contributed by atoms with van der Waals surface area (Å²) in [5, 5.41) is 4.04. The lowest BCUT2D eigenvalue weighted by atomic mass is 10.1. The Balaban J connectivity index is 1.57. The predicted octanol–water partition coefficient (Wildman–Crippen LogP) is 2.59. The summed E-state index contributed by atoms with van der Waals surface area (Å²) in [4.78, 5) is 14.0. The number of hydrogen-bond acceptors (Lipinski definition) is 6. The third-order valence-electron chi connectivity index (χ3n) is 4.49. The van der Waals surface area contributed by atoms with Crippen LogP contribution in [0.2, 0.25) is 0 Å². The van der Waals surface area contributed by atoms with Crippen LogP contribution >= 0.6 is 0 Å². The van der Waals surface area contributed by atoms with Gasteiger partial charge in [0.25, 0.3) is 5.91 Å². The summed E-state index contributed by atoms with van der Waals surface area (Å²) < 4.78 is 30.4. The van der Waals surface area contributed by atoms with Gasteiger partial charge in [0.05, 0.1) is 31.7 Å². The minimum atomic E-state index is -0.430. The van der Waals surface area contributed by atoms with Gasteiger partial charge in [-0.05, 0) is 31.2 Å². The molecule has 3 rings (SSSR count). The van der Waals surface area contributed by atoms with Crippen molar-refractivity contribution in [1.29, 1.82) is 0 Å². The number of nitrogens with one attached hydrogen (secondary N) is 1. The van der Waals surface area contributed by atoms with E-state index < -0.39 is 5.91 Å². The molecule has 0 atom stereocenters. The fraction of sp³-hybridized carbons (Fsp3) is 0.333. The number of hydrazone groups is 1. The first-order valence-corrected chi connectivity index (χ1v) is 9.30. The maximum absolute atomic E-state index is 14.5. The molecule has 8 heteroatoms. The van der Waals surface area contributed by atoms with E-state index in [2.05, 4.69) is 10.5 Å². The third-order valence-corrected chi connectivity index (χ3v) is 4.49. The molecule has 0 unspecified atom stereocenters. The van der Waals surface area contributed by atoms with Crippen molar-refractivity contribution >= 4 is 17.3 Å². The highest BCUT2D eigenvalue weighted by molar-refractivity contribution is 5.99. The number of nitrogens with zero attached hydrogens (tertiary/aromatic N) is 2. The van der Waals surface area contributed by atoms with Gasteiger partial charge in [-0.15, -0.1) is 0 Å². The Morgan fingerprint density at radius 3 is 2.62 bits per heavy atom. The van der Waals surface area contributed by atoms with E-state index in [0.29, 0.717) is 54.8 Å². The van der Waals surface area contributed by atoms with Gasteiger partial charge in [0.15, 0.2) is 18.1 Å². The number of anilines is 1. The highest BCUT2D eigenvalue weighted by Gasteiger charge is 2.16. The molecule has 0 aliphatic carbocycles. The number of carbonyl (C=O) groups excluding carboxylic acids is 1. The highest BCUT2D eigenvalue weighted by atomic mass is 19.1. The average molecular weight is 401 g/mol. The second-order valence-electron chi connectivity index (χ2n) is 6.44. The van der Waals surface area contributed by atoms with Gasteiger partial charge < -0.3 is 19.1 Å². The molecule has 1 amide bonds. The summed E-state index contributed by atoms with van der Waals surface area (Å²) in [6, 6.07) is 12.0. The molecule has 1 aliphatic rings. The third kappa shape index (κ3) is 5.45. The molecule has 1 fully saturated rings. The zero-order valence-electron chi connectivity index (χ0n) is 16.5. The van der Waals surface area contributed by atoms with Gasteiger partial charge in [-0.2, -0.15) is 5.10 Å². The van der Waals surface area contributed by atoms with Crippen molar-refractivity contribution in [3.8, 4) is 11.5 Å². The zero-order chi connectivity index (χ0) is 20.6. The molecule has 2 aromatic carbocycles. The van der Waals surface area contributed by atoms with Crippen molar-refractivity contribution in [3.05, 3.63) is 53.8 Å². The Bertz CT molecular complexity index is 882. The summed E-state index contributed by atoms with van der Waals surface area (Å²) >= 11 is 0. The Hall–Kier alpha value is -3.13. The van der Waals surface area contributed by atoms with E-state index in [9.17, 15) is 9.18 Å². The lowest BCUT2D eigenvalue weighted by Crippen LogP contribution is -2.36. The molecule has 29 heavy (non-hydrogen) atoms. The number of benzene rings is 2. The number of carbonyl (C=O) groups is 1. The van der Waals surface area contributed by atoms with Gasteiger partial charge in [-0.25, -0.2) is 9.82 Å². The van der Waals surface area contributed by atoms with E-state index >= 15 is 0 Å². The Kier molecular flexibility index (Phi) is 7.02. The minimum absolute atomic E-state index is 0.221. The monoisotopic (exact) mass is 401 g/mol. The maximum atomic E-state index is 14.5. The first-order chi connectivity index (χ1) is 14.1. The first-order valence-electron chi connectivity index (χ1n) is 9.30. The maximum Gasteiger partial charge on any atom is 0.277 e. The largest absolute Gasteiger partial charge is 0.493 e. The predicted molar refractivity (Wildman–Crippen MR) is 108 cm³/mol. The molecule has 1 aliphatic heterocycles. The molecule has 1 saturated heterocycles. The van der Waals surface area contributed by atoms with Gasteiger partial charge in [0, 0.05) is 18.7 Å². The van der Waals surface area contributed by atoms with Crippen molar-refractivity contribution in [2.45, 2.75) is 6.92 Å². The van der Waals surface area contributed by atoms with Crippen LogP contribution in [0.5, 0.6) is 11.5 Å². The van der Waals surface area contributed by atoms with Crippen LogP contribution in [-0.4, -0.2) is 51.6 Å². The Morgan fingerprint density at radius 2 is 1.93 bits per heavy atom. The Labute approximate surface area is 169 Å². The fourth-order valence-corrected chi connectivity index (χ4v) is 2.92. The number of para-hydroxylation sites is 2. The lowest BCUT2D eigenvalue weighted by Gasteiger charge is -2.29. The quantitative estimate of drug-likeness (QED) is 0.570. The number of methoxy groups -OCH3 is 1. The number of amides is 1. The molecule has 0 spiro atoms. The molecule has 7 nitrogen and oxygen atoms in total. The molecule has 154 valence electrons. The van der Waals surface area contributed by atoms with E-state index in [0.717, 1.165) is 0 Å². The molecule has 0 aromatic heterocycles. The number of morpholine rings is 1. The Morgan fingerprint density at radius 1 is 1.21 bits per heavy atom. The molecular formula is C21H24FN3O4. The number of halogens is 1. The van der Waals surface area contributed by atoms with E-state index in [4.69, 9.17) is 14.2 Å². The van der Waals surface area contributed by atoms with E-state index in [1.165, 1.54) is 13.2 Å². The minimum Gasteiger partial charge on any atom is -0.493 e. The van der Waals surface area contributed by atoms with Gasteiger partial charge >= 0.3 is 0 Å². The normalized spacial score (nSPS) is 14.4. The average Bonchev–Trinajstić information content (AvgIpc) is 2.76. The van der Waals surface area contributed by atoms with Crippen LogP contribution in [0.15, 0.2) is 47.6 Å². The number of ether oxygens (including phenoxy) is 3. The van der Waals surface area contributed by atoms with Crippen LogP contribution in [0.3, 0.4) is 0 Å². The lowest BCUT2D eigenvalue weighted by molar-refractivity contribution is -0.123. The van der Waals surface area contributed by atoms with Crippen molar-refractivity contribution < 1.29 is 23.4 Å². The van der Waals surface area contributed by atoms with Gasteiger partial charge in [-0.3, -0.25) is 4.79 Å². The first kappa shape index (κ1) is 20.6. The van der Waals surface area contributed by atoms with Crippen LogP contribution in [-0.2, 0) is 9.53 Å². The molecule has 2 aromatic rings. The van der Waals surface area contributed by atoms with E-state index in [1.807, 2.05) is 11.0 Å². The molecule has 1 N–H and O–H groups in total. The van der Waals surface area contributed by atoms with Gasteiger partial charge in [0.2, 0.25) is 0 Å². The van der Waals surface area contributed by atoms with Crippen molar-refractivity contribution in [2.24, 2.45) is 5.10 Å². The smallest absolute Gasteiger partial charge is 0.277 e. The molecule has 0 radical (unpaired) electrons. The summed E-state index contributed by atoms with van der Waals surface area (Å²) in [6.45, 7) is 3.97. The van der Waals surface area contributed by atoms with Gasteiger partial charge in [-0.1, -0.05) is 18.2 Å². The standard InChI is InChI=1S/C21H24FN3O4/c1-15(16-7-8-18(17(22)13-16)25-9-11-28-12-10-25)23-24-21(26)14-29-20-6-4-3-5-19(20)27-2/h3-8,13H,9-12,14H2,1-2H3,(H,24,26)/b23-15-.